The third kappa shape index (κ3) is 4.53. The Bertz CT molecular complexity index is 1380. The van der Waals surface area contributed by atoms with Crippen LogP contribution in [0.15, 0.2) is 102 Å². The molecule has 0 atom stereocenters. The number of carbonyl (C=O) groups excluding carboxylic acids is 1. The van der Waals surface area contributed by atoms with E-state index in [9.17, 15) is 4.79 Å². The van der Waals surface area contributed by atoms with Gasteiger partial charge in [0, 0.05) is 41.8 Å². The van der Waals surface area contributed by atoms with Gasteiger partial charge in [-0.25, -0.2) is 4.68 Å². The molecule has 9 heteroatoms. The summed E-state index contributed by atoms with van der Waals surface area (Å²) in [6, 6.07) is 21.0. The molecule has 162 valence electrons. The number of anilines is 1. The molecule has 0 saturated carbocycles. The highest BCUT2D eigenvalue weighted by Crippen LogP contribution is 2.27. The van der Waals surface area contributed by atoms with Gasteiger partial charge < -0.3 is 9.88 Å². The normalized spacial score (nSPS) is 10.8. The van der Waals surface area contributed by atoms with Gasteiger partial charge in [0.2, 0.25) is 0 Å². The van der Waals surface area contributed by atoms with Crippen LogP contribution in [0.3, 0.4) is 0 Å². The van der Waals surface area contributed by atoms with Crippen LogP contribution in [0.1, 0.15) is 10.4 Å². The number of benzene rings is 2. The Labute approximate surface area is 194 Å². The second-order valence-electron chi connectivity index (χ2n) is 7.22. The molecule has 0 radical (unpaired) electrons. The van der Waals surface area contributed by atoms with Gasteiger partial charge in [0.15, 0.2) is 5.16 Å². The Kier molecular flexibility index (Phi) is 5.69. The summed E-state index contributed by atoms with van der Waals surface area (Å²) in [6.07, 6.45) is 6.79. The second kappa shape index (κ2) is 9.09. The van der Waals surface area contributed by atoms with Crippen molar-refractivity contribution in [3.8, 4) is 16.9 Å². The Morgan fingerprint density at radius 3 is 2.52 bits per heavy atom. The first-order valence-corrected chi connectivity index (χ1v) is 11.0. The van der Waals surface area contributed by atoms with Gasteiger partial charge in [-0.2, -0.15) is 5.10 Å². The minimum atomic E-state index is -0.246. The van der Waals surface area contributed by atoms with Crippen LogP contribution < -0.4 is 5.32 Å². The predicted octanol–water partition coefficient (Wildman–Crippen LogP) is 4.47. The minimum absolute atomic E-state index is 0.246. The van der Waals surface area contributed by atoms with Crippen molar-refractivity contribution in [2.24, 2.45) is 7.05 Å². The molecule has 33 heavy (non-hydrogen) atoms. The first kappa shape index (κ1) is 20.7. The monoisotopic (exact) mass is 453 g/mol. The largest absolute Gasteiger partial charge is 0.322 e. The van der Waals surface area contributed by atoms with Crippen molar-refractivity contribution in [3.05, 3.63) is 97.2 Å². The lowest BCUT2D eigenvalue weighted by atomic mass is 10.1. The topological polar surface area (TPSA) is 90.5 Å². The van der Waals surface area contributed by atoms with Crippen LogP contribution in [0.5, 0.6) is 0 Å². The molecule has 2 aromatic carbocycles. The van der Waals surface area contributed by atoms with Crippen molar-refractivity contribution in [2.45, 2.75) is 10.1 Å². The quantitative estimate of drug-likeness (QED) is 0.408. The highest BCUT2D eigenvalue weighted by Gasteiger charge is 2.19. The number of amides is 1. The van der Waals surface area contributed by atoms with E-state index in [4.69, 9.17) is 0 Å². The number of hydrogen-bond donors (Lipinski definition) is 1. The summed E-state index contributed by atoms with van der Waals surface area (Å²) in [5, 5.41) is 16.4. The summed E-state index contributed by atoms with van der Waals surface area (Å²) >= 11 is 1.50. The van der Waals surface area contributed by atoms with Crippen LogP contribution in [0.2, 0.25) is 0 Å². The van der Waals surface area contributed by atoms with Crippen LogP contribution in [0.25, 0.3) is 16.9 Å². The van der Waals surface area contributed by atoms with Gasteiger partial charge in [0.1, 0.15) is 12.0 Å². The summed E-state index contributed by atoms with van der Waals surface area (Å²) in [6.45, 7) is 0. The Morgan fingerprint density at radius 1 is 1.00 bits per heavy atom. The maximum absolute atomic E-state index is 13.2. The Morgan fingerprint density at radius 2 is 1.82 bits per heavy atom. The first-order chi connectivity index (χ1) is 16.2. The molecule has 5 rings (SSSR count). The van der Waals surface area contributed by atoms with Gasteiger partial charge in [0.05, 0.1) is 11.3 Å². The van der Waals surface area contributed by atoms with Gasteiger partial charge in [-0.15, -0.1) is 10.2 Å². The number of aromatic nitrogens is 6. The van der Waals surface area contributed by atoms with Crippen LogP contribution >= 0.6 is 11.8 Å². The number of para-hydroxylation sites is 1. The van der Waals surface area contributed by atoms with Crippen molar-refractivity contribution in [1.82, 2.24) is 29.5 Å². The van der Waals surface area contributed by atoms with E-state index in [1.54, 1.807) is 29.6 Å². The van der Waals surface area contributed by atoms with Crippen molar-refractivity contribution in [3.63, 3.8) is 0 Å². The zero-order valence-electron chi connectivity index (χ0n) is 17.7. The van der Waals surface area contributed by atoms with Crippen molar-refractivity contribution in [1.29, 1.82) is 0 Å². The first-order valence-electron chi connectivity index (χ1n) is 10.2. The average Bonchev–Trinajstić information content (AvgIpc) is 3.48. The maximum Gasteiger partial charge on any atom is 0.259 e. The lowest BCUT2D eigenvalue weighted by Gasteiger charge is -2.07. The van der Waals surface area contributed by atoms with Crippen molar-refractivity contribution < 1.29 is 4.79 Å². The molecule has 1 N–H and O–H groups in total. The summed E-state index contributed by atoms with van der Waals surface area (Å²) in [5.74, 6) is -0.246. The lowest BCUT2D eigenvalue weighted by Crippen LogP contribution is -2.12. The molecule has 0 bridgehead atoms. The van der Waals surface area contributed by atoms with E-state index in [2.05, 4.69) is 25.6 Å². The minimum Gasteiger partial charge on any atom is -0.322 e. The van der Waals surface area contributed by atoms with Crippen LogP contribution in [0.4, 0.5) is 5.69 Å². The molecule has 8 nitrogen and oxygen atoms in total. The highest BCUT2D eigenvalue weighted by atomic mass is 32.2. The Balaban J connectivity index is 1.41. The average molecular weight is 454 g/mol. The maximum atomic E-state index is 13.2. The van der Waals surface area contributed by atoms with Crippen molar-refractivity contribution in [2.75, 3.05) is 5.32 Å². The van der Waals surface area contributed by atoms with Gasteiger partial charge >= 0.3 is 0 Å². The molecule has 0 unspecified atom stereocenters. The zero-order chi connectivity index (χ0) is 22.6. The molecule has 0 spiro atoms. The number of pyridine rings is 1. The van der Waals surface area contributed by atoms with E-state index < -0.39 is 0 Å². The molecule has 0 aliphatic rings. The smallest absolute Gasteiger partial charge is 0.259 e. The molecule has 0 aliphatic carbocycles. The fourth-order valence-electron chi connectivity index (χ4n) is 3.24. The molecule has 0 aliphatic heterocycles. The lowest BCUT2D eigenvalue weighted by molar-refractivity contribution is 0.102. The predicted molar refractivity (Wildman–Crippen MR) is 126 cm³/mol. The summed E-state index contributed by atoms with van der Waals surface area (Å²) in [7, 11) is 1.90. The molecule has 3 aromatic heterocycles. The van der Waals surface area contributed by atoms with E-state index in [0.717, 1.165) is 21.3 Å². The molecule has 5 aromatic rings. The highest BCUT2D eigenvalue weighted by molar-refractivity contribution is 7.99. The summed E-state index contributed by atoms with van der Waals surface area (Å²) in [5.41, 5.74) is 3.36. The molecule has 1 amide bonds. The number of aryl methyl sites for hydroxylation is 1. The van der Waals surface area contributed by atoms with E-state index in [0.29, 0.717) is 16.9 Å². The molecule has 0 fully saturated rings. The number of nitrogens with one attached hydrogen (secondary N) is 1. The van der Waals surface area contributed by atoms with Crippen LogP contribution in [-0.2, 0) is 7.05 Å². The molecular formula is C24H19N7OS. The summed E-state index contributed by atoms with van der Waals surface area (Å²) < 4.78 is 3.56. The van der Waals surface area contributed by atoms with Gasteiger partial charge in [-0.1, -0.05) is 18.2 Å². The standard InChI is InChI=1S/C24H19N7OS/c1-30-16-26-28-24(30)33-20-11-9-18(10-12-20)27-23(32)21-15-31(19-7-3-2-4-8-19)29-22(21)17-6-5-13-25-14-17/h2-16H,1H3,(H,27,32). The third-order valence-corrected chi connectivity index (χ3v) is 5.97. The Hall–Kier alpha value is -4.24. The van der Waals surface area contributed by atoms with E-state index >= 15 is 0 Å². The van der Waals surface area contributed by atoms with Gasteiger partial charge in [-0.3, -0.25) is 9.78 Å². The van der Waals surface area contributed by atoms with Crippen molar-refractivity contribution >= 4 is 23.4 Å². The van der Waals surface area contributed by atoms with E-state index in [1.807, 2.05) is 78.3 Å². The molecule has 0 saturated heterocycles. The number of hydrogen-bond acceptors (Lipinski definition) is 6. The van der Waals surface area contributed by atoms with Crippen LogP contribution in [0, 0.1) is 0 Å². The SMILES string of the molecule is Cn1cnnc1Sc1ccc(NC(=O)c2cn(-c3ccccc3)nc2-c2cccnc2)cc1. The van der Waals surface area contributed by atoms with Gasteiger partial charge in [-0.05, 0) is 60.3 Å². The molecular weight excluding hydrogens is 434 g/mol. The fourth-order valence-corrected chi connectivity index (χ4v) is 4.01. The third-order valence-electron chi connectivity index (χ3n) is 4.91. The van der Waals surface area contributed by atoms with Gasteiger partial charge in [0.25, 0.3) is 5.91 Å². The van der Waals surface area contributed by atoms with E-state index in [-0.39, 0.29) is 5.91 Å². The van der Waals surface area contributed by atoms with Crippen LogP contribution in [-0.4, -0.2) is 35.4 Å². The second-order valence-corrected chi connectivity index (χ2v) is 8.26. The number of rotatable bonds is 6. The number of nitrogens with zero attached hydrogens (tertiary/aromatic N) is 6. The number of carbonyl (C=O) groups is 1. The molecule has 3 heterocycles. The summed E-state index contributed by atoms with van der Waals surface area (Å²) in [4.78, 5) is 18.4. The fraction of sp³-hybridized carbons (Fsp3) is 0.0417. The van der Waals surface area contributed by atoms with E-state index in [1.165, 1.54) is 11.8 Å². The zero-order valence-corrected chi connectivity index (χ0v) is 18.5.